The van der Waals surface area contributed by atoms with Gasteiger partial charge in [-0.3, -0.25) is 4.79 Å². The zero-order valence-corrected chi connectivity index (χ0v) is 10.2. The van der Waals surface area contributed by atoms with Crippen LogP contribution in [0.4, 0.5) is 0 Å². The van der Waals surface area contributed by atoms with E-state index in [9.17, 15) is 9.90 Å². The minimum Gasteiger partial charge on any atom is -0.490 e. The number of carbonyl (C=O) groups excluding carboxylic acids is 1. The minimum absolute atomic E-state index is 0.0649. The lowest BCUT2D eigenvalue weighted by Gasteiger charge is -2.13. The lowest BCUT2D eigenvalue weighted by Crippen LogP contribution is -2.26. The molecular formula is C14H18O3. The Hall–Kier alpha value is -1.35. The van der Waals surface area contributed by atoms with Gasteiger partial charge in [0.05, 0.1) is 6.10 Å². The van der Waals surface area contributed by atoms with Gasteiger partial charge >= 0.3 is 0 Å². The lowest BCUT2D eigenvalue weighted by molar-refractivity contribution is 0.0648. The summed E-state index contributed by atoms with van der Waals surface area (Å²) in [5.41, 5.74) is 0.536. The second kappa shape index (κ2) is 4.88. The third-order valence-corrected chi connectivity index (χ3v) is 2.87. The summed E-state index contributed by atoms with van der Waals surface area (Å²) in [6, 6.07) is 7.01. The van der Waals surface area contributed by atoms with E-state index in [0.29, 0.717) is 11.7 Å². The number of ketones is 1. The van der Waals surface area contributed by atoms with Crippen LogP contribution < -0.4 is 4.74 Å². The van der Waals surface area contributed by atoms with Crippen LogP contribution >= 0.6 is 0 Å². The Morgan fingerprint density at radius 3 is 2.35 bits per heavy atom. The number of ether oxygens (including phenoxy) is 1. The monoisotopic (exact) mass is 234 g/mol. The molecule has 1 N–H and O–H groups in total. The number of benzene rings is 1. The van der Waals surface area contributed by atoms with E-state index >= 15 is 0 Å². The SMILES string of the molecule is CC(C)C(O)C(=O)c1ccc(OC2CC2)cc1. The van der Waals surface area contributed by atoms with E-state index in [4.69, 9.17) is 4.74 Å². The average Bonchev–Trinajstić information content (AvgIpc) is 3.12. The van der Waals surface area contributed by atoms with Gasteiger partial charge in [-0.25, -0.2) is 0 Å². The molecule has 0 spiro atoms. The average molecular weight is 234 g/mol. The molecule has 1 aromatic carbocycles. The van der Waals surface area contributed by atoms with Crippen LogP contribution in [0.25, 0.3) is 0 Å². The number of hydrogen-bond acceptors (Lipinski definition) is 3. The van der Waals surface area contributed by atoms with Crippen LogP contribution in [0, 0.1) is 5.92 Å². The first-order valence-electron chi connectivity index (χ1n) is 6.07. The van der Waals surface area contributed by atoms with Crippen LogP contribution in [0.2, 0.25) is 0 Å². The number of carbonyl (C=O) groups is 1. The maximum Gasteiger partial charge on any atom is 0.191 e. The van der Waals surface area contributed by atoms with Gasteiger partial charge in [0.1, 0.15) is 11.9 Å². The summed E-state index contributed by atoms with van der Waals surface area (Å²) >= 11 is 0. The number of aliphatic hydroxyl groups excluding tert-OH is 1. The smallest absolute Gasteiger partial charge is 0.191 e. The molecule has 3 heteroatoms. The largest absolute Gasteiger partial charge is 0.490 e. The second-order valence-corrected chi connectivity index (χ2v) is 4.89. The van der Waals surface area contributed by atoms with Crippen molar-refractivity contribution in [3.05, 3.63) is 29.8 Å². The first kappa shape index (κ1) is 12.1. The molecule has 1 atom stereocenters. The predicted octanol–water partition coefficient (Wildman–Crippen LogP) is 2.43. The van der Waals surface area contributed by atoms with Crippen LogP contribution in [0.15, 0.2) is 24.3 Å². The molecule has 17 heavy (non-hydrogen) atoms. The molecule has 3 nitrogen and oxygen atoms in total. The van der Waals surface area contributed by atoms with Crippen LogP contribution in [0.5, 0.6) is 5.75 Å². The van der Waals surface area contributed by atoms with Crippen molar-refractivity contribution in [3.8, 4) is 5.75 Å². The molecule has 1 saturated carbocycles. The number of hydrogen-bond donors (Lipinski definition) is 1. The maximum absolute atomic E-state index is 11.8. The highest BCUT2D eigenvalue weighted by molar-refractivity contribution is 5.99. The lowest BCUT2D eigenvalue weighted by atomic mass is 9.98. The fourth-order valence-corrected chi connectivity index (χ4v) is 1.55. The highest BCUT2D eigenvalue weighted by Gasteiger charge is 2.24. The van der Waals surface area contributed by atoms with Crippen molar-refractivity contribution in [2.45, 2.75) is 38.9 Å². The van der Waals surface area contributed by atoms with Crippen molar-refractivity contribution < 1.29 is 14.6 Å². The summed E-state index contributed by atoms with van der Waals surface area (Å²) in [5, 5.41) is 9.69. The van der Waals surface area contributed by atoms with E-state index in [1.54, 1.807) is 24.3 Å². The first-order chi connectivity index (χ1) is 8.08. The van der Waals surface area contributed by atoms with Crippen molar-refractivity contribution in [2.75, 3.05) is 0 Å². The van der Waals surface area contributed by atoms with Crippen molar-refractivity contribution in [1.82, 2.24) is 0 Å². The van der Waals surface area contributed by atoms with Crippen LogP contribution in [-0.4, -0.2) is 23.1 Å². The molecule has 2 rings (SSSR count). The summed E-state index contributed by atoms with van der Waals surface area (Å²) in [7, 11) is 0. The van der Waals surface area contributed by atoms with Crippen LogP contribution in [-0.2, 0) is 0 Å². The van der Waals surface area contributed by atoms with E-state index in [1.165, 1.54) is 0 Å². The van der Waals surface area contributed by atoms with Crippen LogP contribution in [0.1, 0.15) is 37.0 Å². The molecular weight excluding hydrogens is 216 g/mol. The maximum atomic E-state index is 11.8. The topological polar surface area (TPSA) is 46.5 Å². The van der Waals surface area contributed by atoms with Gasteiger partial charge in [-0.05, 0) is 43.0 Å². The fraction of sp³-hybridized carbons (Fsp3) is 0.500. The first-order valence-corrected chi connectivity index (χ1v) is 6.07. The summed E-state index contributed by atoms with van der Waals surface area (Å²) < 4.78 is 5.59. The van der Waals surface area contributed by atoms with Gasteiger partial charge in [0, 0.05) is 5.56 Å². The zero-order chi connectivity index (χ0) is 12.4. The van der Waals surface area contributed by atoms with Gasteiger partial charge in [-0.15, -0.1) is 0 Å². The molecule has 1 fully saturated rings. The molecule has 0 heterocycles. The highest BCUT2D eigenvalue weighted by Crippen LogP contribution is 2.27. The molecule has 0 aromatic heterocycles. The fourth-order valence-electron chi connectivity index (χ4n) is 1.55. The van der Waals surface area contributed by atoms with Crippen molar-refractivity contribution in [3.63, 3.8) is 0 Å². The Morgan fingerprint density at radius 1 is 1.29 bits per heavy atom. The van der Waals surface area contributed by atoms with Crippen molar-refractivity contribution in [1.29, 1.82) is 0 Å². The highest BCUT2D eigenvalue weighted by atomic mass is 16.5. The Kier molecular flexibility index (Phi) is 3.48. The van der Waals surface area contributed by atoms with Gasteiger partial charge in [-0.1, -0.05) is 13.8 Å². The molecule has 1 aliphatic carbocycles. The van der Waals surface area contributed by atoms with Gasteiger partial charge in [-0.2, -0.15) is 0 Å². The predicted molar refractivity (Wildman–Crippen MR) is 65.3 cm³/mol. The number of rotatable bonds is 5. The van der Waals surface area contributed by atoms with Gasteiger partial charge < -0.3 is 9.84 Å². The van der Waals surface area contributed by atoms with E-state index in [1.807, 2.05) is 13.8 Å². The quantitative estimate of drug-likeness (QED) is 0.796. The van der Waals surface area contributed by atoms with E-state index in [-0.39, 0.29) is 11.7 Å². The summed E-state index contributed by atoms with van der Waals surface area (Å²) in [4.78, 5) is 11.8. The van der Waals surface area contributed by atoms with Crippen LogP contribution in [0.3, 0.4) is 0 Å². The molecule has 0 radical (unpaired) electrons. The Bertz CT molecular complexity index is 390. The Labute approximate surface area is 101 Å². The molecule has 0 saturated heterocycles. The molecule has 0 bridgehead atoms. The third kappa shape index (κ3) is 3.07. The summed E-state index contributed by atoms with van der Waals surface area (Å²) in [6.07, 6.45) is 1.67. The third-order valence-electron chi connectivity index (χ3n) is 2.87. The number of Topliss-reactive ketones (excluding diaryl/α,β-unsaturated/α-hetero) is 1. The molecule has 1 aromatic rings. The summed E-state index contributed by atoms with van der Waals surface area (Å²) in [5.74, 6) is 0.506. The Balaban J connectivity index is 2.03. The molecule has 1 aliphatic rings. The zero-order valence-electron chi connectivity index (χ0n) is 10.2. The van der Waals surface area contributed by atoms with Gasteiger partial charge in [0.15, 0.2) is 5.78 Å². The molecule has 0 aliphatic heterocycles. The van der Waals surface area contributed by atoms with Crippen molar-refractivity contribution >= 4 is 5.78 Å². The molecule has 1 unspecified atom stereocenters. The number of aliphatic hydroxyl groups is 1. The van der Waals surface area contributed by atoms with Gasteiger partial charge in [0.2, 0.25) is 0 Å². The minimum atomic E-state index is -0.926. The molecule has 92 valence electrons. The van der Waals surface area contributed by atoms with Gasteiger partial charge in [0.25, 0.3) is 0 Å². The summed E-state index contributed by atoms with van der Waals surface area (Å²) in [6.45, 7) is 3.65. The van der Waals surface area contributed by atoms with E-state index in [2.05, 4.69) is 0 Å². The van der Waals surface area contributed by atoms with Crippen molar-refractivity contribution in [2.24, 2.45) is 5.92 Å². The second-order valence-electron chi connectivity index (χ2n) is 4.89. The standard InChI is InChI=1S/C14H18O3/c1-9(2)13(15)14(16)10-3-5-11(6-4-10)17-12-7-8-12/h3-6,9,12-13,15H,7-8H2,1-2H3. The van der Waals surface area contributed by atoms with E-state index in [0.717, 1.165) is 18.6 Å². The Morgan fingerprint density at radius 2 is 1.88 bits per heavy atom. The molecule has 0 amide bonds. The van der Waals surface area contributed by atoms with E-state index < -0.39 is 6.10 Å². The normalized spacial score (nSPS) is 16.9.